The monoisotopic (exact) mass is 438 g/mol. The van der Waals surface area contributed by atoms with Gasteiger partial charge in [-0.2, -0.15) is 24.3 Å². The molecule has 0 spiro atoms. The van der Waals surface area contributed by atoms with Crippen LogP contribution in [-0.4, -0.2) is 0 Å². The van der Waals surface area contributed by atoms with Gasteiger partial charge < -0.3 is 9.41 Å². The van der Waals surface area contributed by atoms with Crippen LogP contribution in [0.3, 0.4) is 0 Å². The molecule has 136 valence electrons. The van der Waals surface area contributed by atoms with Crippen molar-refractivity contribution in [1.82, 2.24) is 0 Å². The summed E-state index contributed by atoms with van der Waals surface area (Å²) in [5, 5.41) is 0. The largest absolute Gasteiger partial charge is 4.00 e. The Morgan fingerprint density at radius 1 is 0.519 bits per heavy atom. The first-order valence-electron chi connectivity index (χ1n) is 8.30. The van der Waals surface area contributed by atoms with Gasteiger partial charge in [-0.15, -0.1) is 59.7 Å². The van der Waals surface area contributed by atoms with Gasteiger partial charge in [-0.1, -0.05) is 46.5 Å². The summed E-state index contributed by atoms with van der Waals surface area (Å²) in [6, 6.07) is 33.9. The van der Waals surface area contributed by atoms with Crippen molar-refractivity contribution in [3.05, 3.63) is 108 Å². The van der Waals surface area contributed by atoms with Crippen molar-refractivity contribution >= 4 is 0 Å². The molecule has 0 aliphatic rings. The van der Waals surface area contributed by atoms with Gasteiger partial charge >= 0.3 is 26.2 Å². The molecule has 0 atom stereocenters. The minimum absolute atomic E-state index is 0. The number of hydrogen-bond donors (Lipinski definition) is 0. The smallest absolute Gasteiger partial charge is 1.00 e. The van der Waals surface area contributed by atoms with Gasteiger partial charge in [0.1, 0.15) is 0 Å². The van der Waals surface area contributed by atoms with Gasteiger partial charge in [-0.05, 0) is 13.8 Å². The van der Waals surface area contributed by atoms with Crippen LogP contribution in [0.5, 0.6) is 0 Å². The molecule has 0 fully saturated rings. The van der Waals surface area contributed by atoms with Crippen LogP contribution in [-0.2, 0) is 26.2 Å². The zero-order chi connectivity index (χ0) is 16.8. The zero-order valence-electron chi connectivity index (χ0n) is 15.5. The fourth-order valence-corrected chi connectivity index (χ4v) is 2.78. The normalized spacial score (nSPS) is 8.96. The van der Waals surface area contributed by atoms with Crippen LogP contribution >= 0.6 is 0 Å². The molecule has 0 aromatic heterocycles. The number of hydrogen-bond acceptors (Lipinski definition) is 0. The van der Waals surface area contributed by atoms with Crippen LogP contribution < -0.4 is 9.41 Å². The van der Waals surface area contributed by atoms with Crippen molar-refractivity contribution in [1.29, 1.82) is 0 Å². The van der Waals surface area contributed by atoms with E-state index in [1.54, 1.807) is 0 Å². The van der Waals surface area contributed by atoms with Crippen LogP contribution in [0.1, 0.15) is 11.1 Å². The molecule has 0 saturated heterocycles. The molecular formula is C24H22F2Zr. The summed E-state index contributed by atoms with van der Waals surface area (Å²) < 4.78 is 0. The van der Waals surface area contributed by atoms with Crippen LogP contribution in [0.2, 0.25) is 0 Å². The molecule has 4 aromatic rings. The molecule has 27 heavy (non-hydrogen) atoms. The van der Waals surface area contributed by atoms with Crippen molar-refractivity contribution in [2.75, 3.05) is 0 Å². The van der Waals surface area contributed by atoms with Crippen molar-refractivity contribution in [2.24, 2.45) is 0 Å². The Balaban J connectivity index is 0.000000451. The number of rotatable bonds is 2. The number of halogens is 2. The van der Waals surface area contributed by atoms with E-state index in [-0.39, 0.29) is 35.6 Å². The Hall–Kier alpha value is -2.12. The van der Waals surface area contributed by atoms with E-state index in [0.29, 0.717) is 0 Å². The molecule has 4 aromatic carbocycles. The first-order valence-corrected chi connectivity index (χ1v) is 8.30. The van der Waals surface area contributed by atoms with E-state index in [1.807, 2.05) is 0 Å². The predicted molar refractivity (Wildman–Crippen MR) is 104 cm³/mol. The van der Waals surface area contributed by atoms with Crippen molar-refractivity contribution < 1.29 is 35.6 Å². The summed E-state index contributed by atoms with van der Waals surface area (Å²) in [5.41, 5.74) is 7.85. The van der Waals surface area contributed by atoms with Crippen molar-refractivity contribution in [2.45, 2.75) is 13.8 Å². The van der Waals surface area contributed by atoms with E-state index < -0.39 is 0 Å². The molecule has 0 aliphatic heterocycles. The fourth-order valence-electron chi connectivity index (χ4n) is 2.78. The number of benzene rings is 2. The van der Waals surface area contributed by atoms with Gasteiger partial charge in [0, 0.05) is 0 Å². The second-order valence-electron chi connectivity index (χ2n) is 6.09. The third-order valence-electron chi connectivity index (χ3n) is 4.03. The summed E-state index contributed by atoms with van der Waals surface area (Å²) in [6.07, 6.45) is 0. The molecule has 3 heteroatoms. The second kappa shape index (κ2) is 12.3. The summed E-state index contributed by atoms with van der Waals surface area (Å²) in [4.78, 5) is 0. The Morgan fingerprint density at radius 3 is 1.15 bits per heavy atom. The Labute approximate surface area is 179 Å². The summed E-state index contributed by atoms with van der Waals surface area (Å²) in [6.45, 7) is 4.24. The number of aryl methyl sites for hydroxylation is 2. The minimum Gasteiger partial charge on any atom is -1.00 e. The van der Waals surface area contributed by atoms with E-state index in [2.05, 4.69) is 111 Å². The topological polar surface area (TPSA) is 0 Å². The maximum Gasteiger partial charge on any atom is 4.00 e. The fraction of sp³-hybridized carbons (Fsp3) is 0.0833. The van der Waals surface area contributed by atoms with Crippen LogP contribution in [0.25, 0.3) is 22.3 Å². The van der Waals surface area contributed by atoms with Crippen LogP contribution in [0.15, 0.2) is 97.1 Å². The van der Waals surface area contributed by atoms with Gasteiger partial charge in [-0.25, -0.2) is 0 Å². The molecular weight excluding hydrogens is 417 g/mol. The molecule has 0 bridgehead atoms. The van der Waals surface area contributed by atoms with E-state index >= 15 is 0 Å². The molecule has 0 heterocycles. The standard InChI is InChI=1S/2C12H11.2FH.Zr/c2*1-10-5-4-8-12(9-10)11-6-2-3-7-11;;;/h2*2-9H,1H3;2*1H;/q2*-1;;;+4/p-2. The molecule has 0 aliphatic carbocycles. The van der Waals surface area contributed by atoms with E-state index in [0.717, 1.165) is 0 Å². The summed E-state index contributed by atoms with van der Waals surface area (Å²) >= 11 is 0. The van der Waals surface area contributed by atoms with Crippen LogP contribution in [0, 0.1) is 13.8 Å². The third-order valence-corrected chi connectivity index (χ3v) is 4.03. The van der Waals surface area contributed by atoms with E-state index in [4.69, 9.17) is 0 Å². The summed E-state index contributed by atoms with van der Waals surface area (Å²) in [7, 11) is 0. The Bertz CT molecular complexity index is 803. The molecule has 0 saturated carbocycles. The van der Waals surface area contributed by atoms with Crippen LogP contribution in [0.4, 0.5) is 0 Å². The Kier molecular flexibility index (Phi) is 11.3. The van der Waals surface area contributed by atoms with Crippen molar-refractivity contribution in [3.63, 3.8) is 0 Å². The third kappa shape index (κ3) is 7.19. The first kappa shape index (κ1) is 24.9. The average molecular weight is 440 g/mol. The van der Waals surface area contributed by atoms with Gasteiger partial charge in [0.2, 0.25) is 0 Å². The predicted octanol–water partition coefficient (Wildman–Crippen LogP) is 0.767. The maximum atomic E-state index is 2.20. The van der Waals surface area contributed by atoms with Gasteiger partial charge in [0.25, 0.3) is 0 Å². The zero-order valence-corrected chi connectivity index (χ0v) is 18.0. The molecule has 0 radical (unpaired) electrons. The molecule has 4 rings (SSSR count). The SMILES string of the molecule is Cc1cccc(-[c-]2cccc2)c1.Cc1cccc(-[c-]2cccc2)c1.[F-].[F-].[Zr+4]. The Morgan fingerprint density at radius 2 is 0.852 bits per heavy atom. The first-order chi connectivity index (χ1) is 11.7. The molecule has 0 unspecified atom stereocenters. The molecule has 0 amide bonds. The maximum absolute atomic E-state index is 2.20. The van der Waals surface area contributed by atoms with E-state index in [9.17, 15) is 0 Å². The van der Waals surface area contributed by atoms with Gasteiger partial charge in [-0.3, -0.25) is 0 Å². The minimum atomic E-state index is 0. The molecule has 0 nitrogen and oxygen atoms in total. The quantitative estimate of drug-likeness (QED) is 0.405. The van der Waals surface area contributed by atoms with Gasteiger partial charge in [0.15, 0.2) is 0 Å². The average Bonchev–Trinajstić information content (AvgIpc) is 3.29. The van der Waals surface area contributed by atoms with E-state index in [1.165, 1.54) is 33.4 Å². The van der Waals surface area contributed by atoms with Gasteiger partial charge in [0.05, 0.1) is 0 Å². The molecule has 0 N–H and O–H groups in total. The summed E-state index contributed by atoms with van der Waals surface area (Å²) in [5.74, 6) is 0. The van der Waals surface area contributed by atoms with Crippen molar-refractivity contribution in [3.8, 4) is 22.3 Å². The second-order valence-corrected chi connectivity index (χ2v) is 6.09.